The first-order valence-electron chi connectivity index (χ1n) is 9.14. The average Bonchev–Trinajstić information content (AvgIpc) is 3.03. The quantitative estimate of drug-likeness (QED) is 0.605. The van der Waals surface area contributed by atoms with E-state index in [9.17, 15) is 4.79 Å². The molecule has 7 heteroatoms. The molecule has 0 unspecified atom stereocenters. The maximum atomic E-state index is 12.6. The second-order valence-electron chi connectivity index (χ2n) is 6.06. The SMILES string of the molecule is CCOc1ccc2c(c1)sc(=NC(=O)Cc1ccc(OC)c(OC)c1)n2CC. The summed E-state index contributed by atoms with van der Waals surface area (Å²) < 4.78 is 19.2. The minimum Gasteiger partial charge on any atom is -0.494 e. The molecular weight excluding hydrogens is 376 g/mol. The van der Waals surface area contributed by atoms with Crippen LogP contribution >= 0.6 is 11.3 Å². The maximum Gasteiger partial charge on any atom is 0.252 e. The van der Waals surface area contributed by atoms with E-state index < -0.39 is 0 Å². The summed E-state index contributed by atoms with van der Waals surface area (Å²) in [6, 6.07) is 11.4. The molecule has 6 nitrogen and oxygen atoms in total. The molecule has 0 fully saturated rings. The second-order valence-corrected chi connectivity index (χ2v) is 7.07. The van der Waals surface area contributed by atoms with E-state index in [4.69, 9.17) is 14.2 Å². The Morgan fingerprint density at radius 1 is 1.07 bits per heavy atom. The molecule has 1 amide bonds. The van der Waals surface area contributed by atoms with Gasteiger partial charge in [-0.15, -0.1) is 0 Å². The molecule has 0 aliphatic heterocycles. The van der Waals surface area contributed by atoms with Crippen LogP contribution in [0.2, 0.25) is 0 Å². The van der Waals surface area contributed by atoms with Gasteiger partial charge in [0, 0.05) is 6.54 Å². The van der Waals surface area contributed by atoms with Gasteiger partial charge in [0.2, 0.25) is 0 Å². The number of methoxy groups -OCH3 is 2. The molecule has 0 radical (unpaired) electrons. The highest BCUT2D eigenvalue weighted by atomic mass is 32.1. The summed E-state index contributed by atoms with van der Waals surface area (Å²) in [4.78, 5) is 17.6. The van der Waals surface area contributed by atoms with Crippen LogP contribution in [0, 0.1) is 0 Å². The van der Waals surface area contributed by atoms with Crippen LogP contribution in [-0.2, 0) is 17.8 Å². The number of carbonyl (C=O) groups is 1. The van der Waals surface area contributed by atoms with Crippen molar-refractivity contribution in [2.75, 3.05) is 20.8 Å². The molecule has 0 aliphatic rings. The highest BCUT2D eigenvalue weighted by molar-refractivity contribution is 7.16. The first-order valence-corrected chi connectivity index (χ1v) is 9.95. The molecule has 0 aliphatic carbocycles. The number of ether oxygens (including phenoxy) is 3. The Morgan fingerprint density at radius 2 is 1.86 bits per heavy atom. The van der Waals surface area contributed by atoms with Gasteiger partial charge in [-0.25, -0.2) is 0 Å². The topological polar surface area (TPSA) is 62.1 Å². The van der Waals surface area contributed by atoms with Crippen molar-refractivity contribution >= 4 is 27.5 Å². The number of benzene rings is 2. The van der Waals surface area contributed by atoms with Gasteiger partial charge in [-0.2, -0.15) is 4.99 Å². The van der Waals surface area contributed by atoms with Gasteiger partial charge in [0.25, 0.3) is 5.91 Å². The van der Waals surface area contributed by atoms with E-state index in [0.717, 1.165) is 28.1 Å². The highest BCUT2D eigenvalue weighted by Gasteiger charge is 2.10. The van der Waals surface area contributed by atoms with Crippen molar-refractivity contribution in [1.29, 1.82) is 0 Å². The summed E-state index contributed by atoms with van der Waals surface area (Å²) in [5.74, 6) is 1.85. The van der Waals surface area contributed by atoms with Crippen molar-refractivity contribution in [3.63, 3.8) is 0 Å². The van der Waals surface area contributed by atoms with Gasteiger partial charge < -0.3 is 18.8 Å². The third-order valence-electron chi connectivity index (χ3n) is 4.31. The lowest BCUT2D eigenvalue weighted by Crippen LogP contribution is -2.16. The molecular formula is C21H24N2O4S. The molecule has 0 spiro atoms. The van der Waals surface area contributed by atoms with Crippen LogP contribution in [0.4, 0.5) is 0 Å². The summed E-state index contributed by atoms with van der Waals surface area (Å²) in [6.07, 6.45) is 0.197. The minimum absolute atomic E-state index is 0.197. The molecule has 148 valence electrons. The van der Waals surface area contributed by atoms with Gasteiger partial charge in [-0.3, -0.25) is 4.79 Å². The maximum absolute atomic E-state index is 12.6. The molecule has 0 N–H and O–H groups in total. The number of carbonyl (C=O) groups excluding carboxylic acids is 1. The van der Waals surface area contributed by atoms with Crippen LogP contribution in [0.3, 0.4) is 0 Å². The van der Waals surface area contributed by atoms with Crippen molar-refractivity contribution in [2.24, 2.45) is 4.99 Å². The molecule has 1 heterocycles. The van der Waals surface area contributed by atoms with E-state index >= 15 is 0 Å². The standard InChI is InChI=1S/C21H24N2O4S/c1-5-23-16-9-8-15(27-6-2)13-19(16)28-21(23)22-20(24)12-14-7-10-17(25-3)18(11-14)26-4/h7-11,13H,5-6,12H2,1-4H3. The summed E-state index contributed by atoms with van der Waals surface area (Å²) >= 11 is 1.49. The van der Waals surface area contributed by atoms with Crippen LogP contribution < -0.4 is 19.0 Å². The van der Waals surface area contributed by atoms with E-state index in [-0.39, 0.29) is 12.3 Å². The van der Waals surface area contributed by atoms with Crippen LogP contribution in [0.1, 0.15) is 19.4 Å². The van der Waals surface area contributed by atoms with Crippen molar-refractivity contribution in [1.82, 2.24) is 4.57 Å². The highest BCUT2D eigenvalue weighted by Crippen LogP contribution is 2.28. The van der Waals surface area contributed by atoms with E-state index in [1.54, 1.807) is 26.4 Å². The number of nitrogens with zero attached hydrogens (tertiary/aromatic N) is 2. The fourth-order valence-electron chi connectivity index (χ4n) is 3.01. The molecule has 3 rings (SSSR count). The summed E-state index contributed by atoms with van der Waals surface area (Å²) in [6.45, 7) is 5.35. The predicted molar refractivity (Wildman–Crippen MR) is 110 cm³/mol. The van der Waals surface area contributed by atoms with Crippen molar-refractivity contribution in [2.45, 2.75) is 26.8 Å². The number of aromatic nitrogens is 1. The predicted octanol–water partition coefficient (Wildman–Crippen LogP) is 3.81. The molecule has 1 aromatic heterocycles. The Kier molecular flexibility index (Phi) is 6.36. The van der Waals surface area contributed by atoms with Gasteiger partial charge in [-0.05, 0) is 49.7 Å². The number of hydrogen-bond acceptors (Lipinski definition) is 5. The van der Waals surface area contributed by atoms with Crippen molar-refractivity contribution in [3.05, 3.63) is 46.8 Å². The zero-order chi connectivity index (χ0) is 20.1. The Hall–Kier alpha value is -2.80. The molecule has 2 aromatic carbocycles. The monoisotopic (exact) mass is 400 g/mol. The van der Waals surface area contributed by atoms with Gasteiger partial charge in [-0.1, -0.05) is 17.4 Å². The number of hydrogen-bond donors (Lipinski definition) is 0. The fraction of sp³-hybridized carbons (Fsp3) is 0.333. The smallest absolute Gasteiger partial charge is 0.252 e. The van der Waals surface area contributed by atoms with Gasteiger partial charge in [0.15, 0.2) is 16.3 Å². The van der Waals surface area contributed by atoms with Crippen LogP contribution in [-0.4, -0.2) is 31.3 Å². The van der Waals surface area contributed by atoms with Crippen LogP contribution in [0.25, 0.3) is 10.2 Å². The molecule has 0 bridgehead atoms. The molecule has 0 saturated carbocycles. The number of amides is 1. The minimum atomic E-state index is -0.203. The normalized spacial score (nSPS) is 11.6. The van der Waals surface area contributed by atoms with Gasteiger partial charge >= 0.3 is 0 Å². The average molecular weight is 401 g/mol. The molecule has 0 atom stereocenters. The Morgan fingerprint density at radius 3 is 2.54 bits per heavy atom. The Balaban J connectivity index is 1.91. The molecule has 28 heavy (non-hydrogen) atoms. The summed E-state index contributed by atoms with van der Waals surface area (Å²) in [7, 11) is 3.16. The third kappa shape index (κ3) is 4.20. The summed E-state index contributed by atoms with van der Waals surface area (Å²) in [5, 5.41) is 0. The van der Waals surface area contributed by atoms with E-state index in [0.29, 0.717) is 22.9 Å². The molecule has 0 saturated heterocycles. The fourth-order valence-corrected chi connectivity index (χ4v) is 4.15. The Bertz CT molecular complexity index is 1050. The first-order chi connectivity index (χ1) is 13.6. The van der Waals surface area contributed by atoms with Crippen LogP contribution in [0.15, 0.2) is 41.4 Å². The zero-order valence-electron chi connectivity index (χ0n) is 16.5. The number of rotatable bonds is 7. The zero-order valence-corrected chi connectivity index (χ0v) is 17.3. The van der Waals surface area contributed by atoms with Crippen molar-refractivity contribution < 1.29 is 19.0 Å². The lowest BCUT2D eigenvalue weighted by atomic mass is 10.1. The third-order valence-corrected chi connectivity index (χ3v) is 5.35. The van der Waals surface area contributed by atoms with Crippen molar-refractivity contribution in [3.8, 4) is 17.2 Å². The van der Waals surface area contributed by atoms with Crippen LogP contribution in [0.5, 0.6) is 17.2 Å². The molecule has 3 aromatic rings. The van der Waals surface area contributed by atoms with Gasteiger partial charge in [0.1, 0.15) is 5.75 Å². The van der Waals surface area contributed by atoms with E-state index in [1.165, 1.54) is 11.3 Å². The van der Waals surface area contributed by atoms with E-state index in [1.807, 2.05) is 42.7 Å². The number of fused-ring (bicyclic) bond motifs is 1. The first kappa shape index (κ1) is 19.9. The largest absolute Gasteiger partial charge is 0.494 e. The lowest BCUT2D eigenvalue weighted by Gasteiger charge is -2.08. The van der Waals surface area contributed by atoms with Gasteiger partial charge in [0.05, 0.1) is 37.5 Å². The number of aryl methyl sites for hydroxylation is 1. The van der Waals surface area contributed by atoms with E-state index in [2.05, 4.69) is 4.99 Å². The lowest BCUT2D eigenvalue weighted by molar-refractivity contribution is -0.117. The summed E-state index contributed by atoms with van der Waals surface area (Å²) in [5.41, 5.74) is 1.88. The number of thiazole rings is 1. The second kappa shape index (κ2) is 8.93. The Labute approximate surface area is 168 Å².